The molecule has 78 valence electrons. The van der Waals surface area contributed by atoms with Crippen LogP contribution < -0.4 is 4.74 Å². The van der Waals surface area contributed by atoms with E-state index >= 15 is 0 Å². The van der Waals surface area contributed by atoms with Gasteiger partial charge in [0.25, 0.3) is 0 Å². The van der Waals surface area contributed by atoms with Crippen LogP contribution in [-0.2, 0) is 0 Å². The first-order valence-electron chi connectivity index (χ1n) is 4.32. The maximum atomic E-state index is 11.6. The first kappa shape index (κ1) is 11.7. The first-order valence-corrected chi connectivity index (χ1v) is 5.44. The summed E-state index contributed by atoms with van der Waals surface area (Å²) in [7, 11) is 1.45. The van der Waals surface area contributed by atoms with Crippen LogP contribution in [0.3, 0.4) is 0 Å². The monoisotopic (exact) mass is 267 g/mol. The van der Waals surface area contributed by atoms with Crippen LogP contribution in [0.5, 0.6) is 5.75 Å². The van der Waals surface area contributed by atoms with Crippen LogP contribution in [0.2, 0.25) is 0 Å². The molecule has 0 spiro atoms. The minimum atomic E-state index is -0.0907. The van der Waals surface area contributed by atoms with Crippen molar-refractivity contribution in [2.45, 2.75) is 6.92 Å². The summed E-state index contributed by atoms with van der Waals surface area (Å²) < 4.78 is 5.08. The van der Waals surface area contributed by atoms with Crippen LogP contribution >= 0.6 is 15.9 Å². The lowest BCUT2D eigenvalue weighted by Gasteiger charge is -2.09. The lowest BCUT2D eigenvalue weighted by atomic mass is 10.0. The minimum absolute atomic E-state index is 0.0907. The topological polar surface area (TPSA) is 50.1 Å². The van der Waals surface area contributed by atoms with Crippen LogP contribution in [0, 0.1) is 18.3 Å². The van der Waals surface area contributed by atoms with Crippen molar-refractivity contribution in [3.05, 3.63) is 28.8 Å². The molecule has 4 heteroatoms. The summed E-state index contributed by atoms with van der Waals surface area (Å²) in [5.41, 5.74) is 1.71. The average molecular weight is 268 g/mol. The number of aryl methyl sites for hydroxylation is 1. The van der Waals surface area contributed by atoms with Gasteiger partial charge >= 0.3 is 0 Å². The number of halogens is 1. The van der Waals surface area contributed by atoms with Crippen LogP contribution in [0.25, 0.3) is 0 Å². The van der Waals surface area contributed by atoms with Gasteiger partial charge < -0.3 is 4.74 Å². The third kappa shape index (κ3) is 2.37. The number of hydrogen-bond donors (Lipinski definition) is 0. The molecule has 1 rings (SSSR count). The summed E-state index contributed by atoms with van der Waals surface area (Å²) in [6.07, 6.45) is 0. The lowest BCUT2D eigenvalue weighted by molar-refractivity contribution is 0.102. The number of nitriles is 1. The Bertz CT molecular complexity index is 435. The highest BCUT2D eigenvalue weighted by molar-refractivity contribution is 9.09. The van der Waals surface area contributed by atoms with E-state index in [0.717, 1.165) is 5.56 Å². The summed E-state index contributed by atoms with van der Waals surface area (Å²) in [5, 5.41) is 9.12. The standard InChI is InChI=1S/C11H10BrNO2/c1-7-3-8(6-13)11(15-2)9(4-7)10(14)5-12/h3-4H,5H2,1-2H3. The van der Waals surface area contributed by atoms with Crippen molar-refractivity contribution >= 4 is 21.7 Å². The molecule has 0 unspecified atom stereocenters. The summed E-state index contributed by atoms with van der Waals surface area (Å²) in [5.74, 6) is 0.264. The van der Waals surface area contributed by atoms with Crippen molar-refractivity contribution in [1.29, 1.82) is 5.26 Å². The first-order chi connectivity index (χ1) is 7.13. The quantitative estimate of drug-likeness (QED) is 0.625. The molecule has 0 saturated heterocycles. The van der Waals surface area contributed by atoms with Crippen LogP contribution in [0.4, 0.5) is 0 Å². The molecule has 0 atom stereocenters. The second kappa shape index (κ2) is 4.94. The lowest BCUT2D eigenvalue weighted by Crippen LogP contribution is -2.05. The third-order valence-corrected chi connectivity index (χ3v) is 2.49. The van der Waals surface area contributed by atoms with Gasteiger partial charge in [0.05, 0.1) is 23.6 Å². The molecule has 0 amide bonds. The predicted octanol–water partition coefficient (Wildman–Crippen LogP) is 2.45. The number of nitrogens with zero attached hydrogens (tertiary/aromatic N) is 1. The van der Waals surface area contributed by atoms with Gasteiger partial charge in [0, 0.05) is 0 Å². The zero-order valence-electron chi connectivity index (χ0n) is 8.50. The van der Waals surface area contributed by atoms with E-state index in [0.29, 0.717) is 16.9 Å². The number of ketones is 1. The average Bonchev–Trinajstić information content (AvgIpc) is 2.26. The van der Waals surface area contributed by atoms with Crippen molar-refractivity contribution < 1.29 is 9.53 Å². The molecule has 0 fully saturated rings. The van der Waals surface area contributed by atoms with Gasteiger partial charge in [0.2, 0.25) is 0 Å². The fourth-order valence-electron chi connectivity index (χ4n) is 1.36. The van der Waals surface area contributed by atoms with E-state index in [9.17, 15) is 4.79 Å². The second-order valence-corrected chi connectivity index (χ2v) is 3.62. The Morgan fingerprint density at radius 2 is 2.27 bits per heavy atom. The van der Waals surface area contributed by atoms with E-state index in [1.54, 1.807) is 12.1 Å². The van der Waals surface area contributed by atoms with Crippen molar-refractivity contribution in [3.8, 4) is 11.8 Å². The van der Waals surface area contributed by atoms with Gasteiger partial charge in [-0.1, -0.05) is 15.9 Å². The number of benzene rings is 1. The molecule has 0 aromatic heterocycles. The van der Waals surface area contributed by atoms with Gasteiger partial charge in [0.1, 0.15) is 11.8 Å². The van der Waals surface area contributed by atoms with E-state index < -0.39 is 0 Å². The molecule has 0 N–H and O–H groups in total. The number of ether oxygens (including phenoxy) is 1. The number of carbonyl (C=O) groups is 1. The molecule has 0 aliphatic carbocycles. The number of carbonyl (C=O) groups excluding carboxylic acids is 1. The summed E-state index contributed by atoms with van der Waals surface area (Å²) >= 11 is 3.10. The fourth-order valence-corrected chi connectivity index (χ4v) is 1.66. The largest absolute Gasteiger partial charge is 0.495 e. The number of rotatable bonds is 3. The SMILES string of the molecule is COc1c(C#N)cc(C)cc1C(=O)CBr. The Morgan fingerprint density at radius 3 is 2.73 bits per heavy atom. The van der Waals surface area contributed by atoms with Gasteiger partial charge in [-0.25, -0.2) is 0 Å². The van der Waals surface area contributed by atoms with E-state index in [-0.39, 0.29) is 11.1 Å². The van der Waals surface area contributed by atoms with Crippen molar-refractivity contribution in [2.24, 2.45) is 0 Å². The van der Waals surface area contributed by atoms with E-state index in [2.05, 4.69) is 15.9 Å². The van der Waals surface area contributed by atoms with Gasteiger partial charge in [0.15, 0.2) is 5.78 Å². The van der Waals surface area contributed by atoms with Crippen LogP contribution in [0.1, 0.15) is 21.5 Å². The molecule has 0 saturated carbocycles. The molecule has 0 aliphatic heterocycles. The molecule has 0 aliphatic rings. The Labute approximate surface area is 96.8 Å². The van der Waals surface area contributed by atoms with E-state index in [4.69, 9.17) is 10.00 Å². The zero-order valence-corrected chi connectivity index (χ0v) is 10.1. The molecular weight excluding hydrogens is 258 g/mol. The summed E-state index contributed by atoms with van der Waals surface area (Å²) in [6, 6.07) is 5.44. The molecule has 0 radical (unpaired) electrons. The summed E-state index contributed by atoms with van der Waals surface area (Å²) in [4.78, 5) is 11.6. The normalized spacial score (nSPS) is 9.47. The second-order valence-electron chi connectivity index (χ2n) is 3.06. The molecule has 1 aromatic rings. The van der Waals surface area contributed by atoms with Crippen LogP contribution in [-0.4, -0.2) is 18.2 Å². The van der Waals surface area contributed by atoms with Crippen molar-refractivity contribution in [1.82, 2.24) is 0 Å². The molecule has 3 nitrogen and oxygen atoms in total. The van der Waals surface area contributed by atoms with E-state index in [1.807, 2.05) is 13.0 Å². The van der Waals surface area contributed by atoms with Crippen molar-refractivity contribution in [2.75, 3.05) is 12.4 Å². The molecule has 0 bridgehead atoms. The zero-order chi connectivity index (χ0) is 11.4. The maximum Gasteiger partial charge on any atom is 0.177 e. The Balaban J connectivity index is 3.43. The highest BCUT2D eigenvalue weighted by atomic mass is 79.9. The fraction of sp³-hybridized carbons (Fsp3) is 0.273. The number of Topliss-reactive ketones (excluding diaryl/α,β-unsaturated/α-hetero) is 1. The van der Waals surface area contributed by atoms with Gasteiger partial charge in [-0.3, -0.25) is 4.79 Å². The number of alkyl halides is 1. The minimum Gasteiger partial charge on any atom is -0.495 e. The Morgan fingerprint density at radius 1 is 1.60 bits per heavy atom. The highest BCUT2D eigenvalue weighted by Crippen LogP contribution is 2.25. The van der Waals surface area contributed by atoms with Gasteiger partial charge in [-0.2, -0.15) is 5.26 Å². The summed E-state index contributed by atoms with van der Waals surface area (Å²) in [6.45, 7) is 1.84. The van der Waals surface area contributed by atoms with Crippen molar-refractivity contribution in [3.63, 3.8) is 0 Å². The Kier molecular flexibility index (Phi) is 3.87. The molecule has 0 heterocycles. The maximum absolute atomic E-state index is 11.6. The number of methoxy groups -OCH3 is 1. The van der Waals surface area contributed by atoms with Crippen LogP contribution in [0.15, 0.2) is 12.1 Å². The Hall–Kier alpha value is -1.34. The molecule has 15 heavy (non-hydrogen) atoms. The van der Waals surface area contributed by atoms with Gasteiger partial charge in [-0.15, -0.1) is 0 Å². The predicted molar refractivity (Wildman–Crippen MR) is 60.6 cm³/mol. The smallest absolute Gasteiger partial charge is 0.177 e. The molecule has 1 aromatic carbocycles. The molecular formula is C11H10BrNO2. The van der Waals surface area contributed by atoms with E-state index in [1.165, 1.54) is 7.11 Å². The number of hydrogen-bond acceptors (Lipinski definition) is 3. The highest BCUT2D eigenvalue weighted by Gasteiger charge is 2.15. The van der Waals surface area contributed by atoms with Gasteiger partial charge in [-0.05, 0) is 24.6 Å². The third-order valence-electron chi connectivity index (χ3n) is 1.98.